The van der Waals surface area contributed by atoms with Crippen molar-refractivity contribution >= 4 is 21.7 Å². The summed E-state index contributed by atoms with van der Waals surface area (Å²) < 4.78 is 6.73. The van der Waals surface area contributed by atoms with Crippen LogP contribution in [0.2, 0.25) is 0 Å². The quantitative estimate of drug-likeness (QED) is 0.770. The Morgan fingerprint density at radius 3 is 2.65 bits per heavy atom. The van der Waals surface area contributed by atoms with Crippen LogP contribution in [0.4, 0.5) is 0 Å². The van der Waals surface area contributed by atoms with Crippen molar-refractivity contribution in [1.82, 2.24) is 9.80 Å². The lowest BCUT2D eigenvalue weighted by Gasteiger charge is -2.32. The molecule has 4 nitrogen and oxygen atoms in total. The van der Waals surface area contributed by atoms with Gasteiger partial charge in [0.1, 0.15) is 12.4 Å². The first-order valence-electron chi connectivity index (χ1n) is 6.90. The Morgan fingerprint density at radius 2 is 2.00 bits per heavy atom. The first-order chi connectivity index (χ1) is 9.56. The Balaban J connectivity index is 1.87. The summed E-state index contributed by atoms with van der Waals surface area (Å²) in [6.07, 6.45) is 0. The smallest absolute Gasteiger partial charge is 0.163 e. The summed E-state index contributed by atoms with van der Waals surface area (Å²) in [5, 5.41) is 0. The molecule has 1 aromatic rings. The van der Waals surface area contributed by atoms with Crippen molar-refractivity contribution in [3.63, 3.8) is 0 Å². The van der Waals surface area contributed by atoms with E-state index in [0.29, 0.717) is 17.9 Å². The van der Waals surface area contributed by atoms with Gasteiger partial charge in [-0.2, -0.15) is 0 Å². The number of rotatable bonds is 5. The third-order valence-corrected chi connectivity index (χ3v) is 4.08. The maximum absolute atomic E-state index is 11.6. The van der Waals surface area contributed by atoms with E-state index >= 15 is 0 Å². The normalized spacial score (nSPS) is 17.1. The van der Waals surface area contributed by atoms with Crippen molar-refractivity contribution in [3.05, 3.63) is 28.2 Å². The van der Waals surface area contributed by atoms with E-state index in [2.05, 4.69) is 32.8 Å². The number of ketones is 1. The third-order valence-electron chi connectivity index (χ3n) is 3.58. The minimum atomic E-state index is 0.0343. The molecule has 0 saturated carbocycles. The molecule has 5 heteroatoms. The van der Waals surface area contributed by atoms with Gasteiger partial charge in [0.2, 0.25) is 0 Å². The number of hydrogen-bond donors (Lipinski definition) is 0. The number of carbonyl (C=O) groups is 1. The van der Waals surface area contributed by atoms with Crippen molar-refractivity contribution in [2.75, 3.05) is 46.4 Å². The van der Waals surface area contributed by atoms with E-state index in [-0.39, 0.29) is 5.78 Å². The SMILES string of the molecule is CC(=O)c1ccc(Br)cc1OCCN1CCN(C)CC1. The summed E-state index contributed by atoms with van der Waals surface area (Å²) in [4.78, 5) is 16.3. The monoisotopic (exact) mass is 340 g/mol. The molecule has 0 aromatic heterocycles. The molecule has 20 heavy (non-hydrogen) atoms. The minimum Gasteiger partial charge on any atom is -0.491 e. The fourth-order valence-electron chi connectivity index (χ4n) is 2.26. The lowest BCUT2D eigenvalue weighted by molar-refractivity contribution is 0.101. The Kier molecular flexibility index (Phi) is 5.57. The Morgan fingerprint density at radius 1 is 1.30 bits per heavy atom. The average molecular weight is 341 g/mol. The summed E-state index contributed by atoms with van der Waals surface area (Å²) in [5.41, 5.74) is 0.645. The van der Waals surface area contributed by atoms with Crippen LogP contribution in [0.15, 0.2) is 22.7 Å². The summed E-state index contributed by atoms with van der Waals surface area (Å²) in [6.45, 7) is 7.45. The highest BCUT2D eigenvalue weighted by Gasteiger charge is 2.14. The standard InChI is InChI=1S/C15H21BrN2O2/c1-12(19)14-4-3-13(16)11-15(14)20-10-9-18-7-5-17(2)6-8-18/h3-4,11H,5-10H2,1-2H3. The maximum Gasteiger partial charge on any atom is 0.163 e. The molecule has 0 aliphatic carbocycles. The minimum absolute atomic E-state index is 0.0343. The van der Waals surface area contributed by atoms with Crippen molar-refractivity contribution in [3.8, 4) is 5.75 Å². The molecule has 1 saturated heterocycles. The number of halogens is 1. The first kappa shape index (κ1) is 15.5. The highest BCUT2D eigenvalue weighted by Crippen LogP contribution is 2.24. The molecule has 2 rings (SSSR count). The Hall–Kier alpha value is -0.910. The lowest BCUT2D eigenvalue weighted by atomic mass is 10.1. The van der Waals surface area contributed by atoms with E-state index in [1.54, 1.807) is 13.0 Å². The number of Topliss-reactive ketones (excluding diaryl/α,β-unsaturated/α-hetero) is 1. The topological polar surface area (TPSA) is 32.8 Å². The molecule has 0 amide bonds. The van der Waals surface area contributed by atoms with Crippen LogP contribution in [-0.2, 0) is 0 Å². The van der Waals surface area contributed by atoms with Gasteiger partial charge in [-0.1, -0.05) is 15.9 Å². The summed E-state index contributed by atoms with van der Waals surface area (Å²) in [5.74, 6) is 0.702. The van der Waals surface area contributed by atoms with Gasteiger partial charge in [-0.3, -0.25) is 9.69 Å². The van der Waals surface area contributed by atoms with Crippen LogP contribution in [0.5, 0.6) is 5.75 Å². The fraction of sp³-hybridized carbons (Fsp3) is 0.533. The van der Waals surface area contributed by atoms with Crippen molar-refractivity contribution in [1.29, 1.82) is 0 Å². The summed E-state index contributed by atoms with van der Waals surface area (Å²) in [6, 6.07) is 5.53. The molecule has 0 spiro atoms. The van der Waals surface area contributed by atoms with E-state index in [1.807, 2.05) is 12.1 Å². The number of hydrogen-bond acceptors (Lipinski definition) is 4. The molecular formula is C15H21BrN2O2. The van der Waals surface area contributed by atoms with Gasteiger partial charge in [0.25, 0.3) is 0 Å². The van der Waals surface area contributed by atoms with Crippen LogP contribution < -0.4 is 4.74 Å². The molecule has 1 aromatic carbocycles. The molecule has 0 radical (unpaired) electrons. The van der Waals surface area contributed by atoms with Crippen molar-refractivity contribution < 1.29 is 9.53 Å². The summed E-state index contributed by atoms with van der Waals surface area (Å²) >= 11 is 3.41. The second kappa shape index (κ2) is 7.20. The zero-order chi connectivity index (χ0) is 14.5. The summed E-state index contributed by atoms with van der Waals surface area (Å²) in [7, 11) is 2.15. The molecule has 0 bridgehead atoms. The number of piperazine rings is 1. The predicted molar refractivity (Wildman–Crippen MR) is 83.6 cm³/mol. The Labute approximate surface area is 128 Å². The largest absolute Gasteiger partial charge is 0.491 e. The van der Waals surface area contributed by atoms with Gasteiger partial charge in [-0.05, 0) is 32.2 Å². The van der Waals surface area contributed by atoms with E-state index in [9.17, 15) is 4.79 Å². The van der Waals surface area contributed by atoms with Gasteiger partial charge in [-0.15, -0.1) is 0 Å². The van der Waals surface area contributed by atoms with Crippen LogP contribution >= 0.6 is 15.9 Å². The molecular weight excluding hydrogens is 320 g/mol. The van der Waals surface area contributed by atoms with Crippen molar-refractivity contribution in [2.24, 2.45) is 0 Å². The number of likely N-dealkylation sites (N-methyl/N-ethyl adjacent to an activating group) is 1. The van der Waals surface area contributed by atoms with Gasteiger partial charge >= 0.3 is 0 Å². The van der Waals surface area contributed by atoms with Gasteiger partial charge in [0, 0.05) is 37.2 Å². The zero-order valence-corrected chi connectivity index (χ0v) is 13.6. The van der Waals surface area contributed by atoms with E-state index in [4.69, 9.17) is 4.74 Å². The first-order valence-corrected chi connectivity index (χ1v) is 7.70. The van der Waals surface area contributed by atoms with Crippen LogP contribution in [0.25, 0.3) is 0 Å². The highest BCUT2D eigenvalue weighted by atomic mass is 79.9. The van der Waals surface area contributed by atoms with Crippen LogP contribution in [0.1, 0.15) is 17.3 Å². The molecule has 1 aliphatic heterocycles. The van der Waals surface area contributed by atoms with E-state index < -0.39 is 0 Å². The van der Waals surface area contributed by atoms with Crippen LogP contribution in [0, 0.1) is 0 Å². The van der Waals surface area contributed by atoms with E-state index in [1.165, 1.54) is 0 Å². The average Bonchev–Trinajstić information content (AvgIpc) is 2.41. The molecule has 0 N–H and O–H groups in total. The van der Waals surface area contributed by atoms with Crippen LogP contribution in [-0.4, -0.2) is 62.0 Å². The van der Waals surface area contributed by atoms with Gasteiger partial charge in [0.15, 0.2) is 5.78 Å². The zero-order valence-electron chi connectivity index (χ0n) is 12.1. The molecule has 1 heterocycles. The lowest BCUT2D eigenvalue weighted by Crippen LogP contribution is -2.45. The fourth-order valence-corrected chi connectivity index (χ4v) is 2.60. The maximum atomic E-state index is 11.6. The van der Waals surface area contributed by atoms with Crippen molar-refractivity contribution in [2.45, 2.75) is 6.92 Å². The van der Waals surface area contributed by atoms with Gasteiger partial charge in [-0.25, -0.2) is 0 Å². The number of carbonyl (C=O) groups excluding carboxylic acids is 1. The number of nitrogens with zero attached hydrogens (tertiary/aromatic N) is 2. The second-order valence-corrected chi connectivity index (χ2v) is 6.11. The molecule has 1 aliphatic rings. The molecule has 0 atom stereocenters. The second-order valence-electron chi connectivity index (χ2n) is 5.19. The molecule has 1 fully saturated rings. The van der Waals surface area contributed by atoms with E-state index in [0.717, 1.165) is 37.2 Å². The highest BCUT2D eigenvalue weighted by molar-refractivity contribution is 9.10. The van der Waals surface area contributed by atoms with Gasteiger partial charge < -0.3 is 9.64 Å². The van der Waals surface area contributed by atoms with Crippen LogP contribution in [0.3, 0.4) is 0 Å². The number of ether oxygens (including phenoxy) is 1. The number of benzene rings is 1. The molecule has 0 unspecified atom stereocenters. The van der Waals surface area contributed by atoms with Gasteiger partial charge in [0.05, 0.1) is 5.56 Å². The predicted octanol–water partition coefficient (Wildman–Crippen LogP) is 2.28. The third kappa shape index (κ3) is 4.30. The Bertz CT molecular complexity index is 471. The molecule has 110 valence electrons.